The number of nitrogens with zero attached hydrogens (tertiary/aromatic N) is 6. The van der Waals surface area contributed by atoms with E-state index >= 15 is 9.59 Å². The van der Waals surface area contributed by atoms with Crippen molar-refractivity contribution in [3.8, 4) is 0 Å². The first-order chi connectivity index (χ1) is 40.1. The summed E-state index contributed by atoms with van der Waals surface area (Å²) in [5.74, 6) is -13.5. The molecule has 0 N–H and O–H groups in total. The second-order valence-corrected chi connectivity index (χ2v) is 25.7. The van der Waals surface area contributed by atoms with Gasteiger partial charge in [-0.2, -0.15) is 0 Å². The van der Waals surface area contributed by atoms with Gasteiger partial charge in [-0.05, 0) is 85.5 Å². The third-order valence-electron chi connectivity index (χ3n) is 16.4. The van der Waals surface area contributed by atoms with Crippen LogP contribution < -0.4 is 0 Å². The molecule has 22 heteroatoms. The van der Waals surface area contributed by atoms with Gasteiger partial charge in [0.15, 0.2) is 24.4 Å². The van der Waals surface area contributed by atoms with E-state index in [1.165, 1.54) is 42.0 Å². The zero-order chi connectivity index (χ0) is 64.1. The Kier molecular flexibility index (Phi) is 25.6. The number of likely N-dealkylation sites (N-methyl/N-ethyl adjacent to an activating group) is 4. The van der Waals surface area contributed by atoms with Gasteiger partial charge in [0.1, 0.15) is 24.2 Å². The van der Waals surface area contributed by atoms with Crippen LogP contribution in [0.1, 0.15) is 143 Å². The van der Waals surface area contributed by atoms with Crippen molar-refractivity contribution in [2.24, 2.45) is 23.7 Å². The predicted molar refractivity (Wildman–Crippen MR) is 314 cm³/mol. The third kappa shape index (κ3) is 20.5. The Morgan fingerprint density at radius 2 is 0.628 bits per heavy atom. The fourth-order valence-electron chi connectivity index (χ4n) is 11.1. The molecule has 3 aliphatic rings. The number of hydrogen-bond acceptors (Lipinski definition) is 14. The summed E-state index contributed by atoms with van der Waals surface area (Å²) in [5, 5.41) is 0. The van der Waals surface area contributed by atoms with Gasteiger partial charge < -0.3 is 38.5 Å². The second kappa shape index (κ2) is 31.1. The van der Waals surface area contributed by atoms with Crippen molar-refractivity contribution in [2.75, 3.05) is 54.4 Å². The summed E-state index contributed by atoms with van der Waals surface area (Å²) < 4.78 is 79.9. The van der Waals surface area contributed by atoms with E-state index in [2.05, 4.69) is 0 Å². The Morgan fingerprint density at radius 3 is 0.884 bits per heavy atom. The van der Waals surface area contributed by atoms with E-state index in [-0.39, 0.29) is 114 Å². The van der Waals surface area contributed by atoms with Crippen LogP contribution in [0, 0.1) is 23.7 Å². The number of carbonyl (C=O) groups is 8. The summed E-state index contributed by atoms with van der Waals surface area (Å²) in [6, 6.07) is 8.73. The number of rotatable bonds is 16. The van der Waals surface area contributed by atoms with Gasteiger partial charge in [0.2, 0.25) is 0 Å². The van der Waals surface area contributed by atoms with Gasteiger partial charge in [0, 0.05) is 106 Å². The number of piperidine rings is 2. The number of amides is 4. The molecule has 0 spiro atoms. The summed E-state index contributed by atoms with van der Waals surface area (Å²) in [5.41, 5.74) is 2.73. The molecule has 480 valence electrons. The minimum absolute atomic E-state index is 0.0340. The highest BCUT2D eigenvalue weighted by molar-refractivity contribution is 5.94. The van der Waals surface area contributed by atoms with Crippen molar-refractivity contribution < 1.29 is 74.9 Å². The first-order valence-corrected chi connectivity index (χ1v) is 30.4. The van der Waals surface area contributed by atoms with Crippen LogP contribution in [-0.2, 0) is 83.2 Å². The Labute approximate surface area is 505 Å². The van der Waals surface area contributed by atoms with Gasteiger partial charge in [-0.1, -0.05) is 104 Å². The van der Waals surface area contributed by atoms with Crippen LogP contribution in [0.5, 0.6) is 0 Å². The van der Waals surface area contributed by atoms with Crippen LogP contribution in [0.2, 0.25) is 0 Å². The summed E-state index contributed by atoms with van der Waals surface area (Å²) in [6.07, 6.45) is -7.55. The van der Waals surface area contributed by atoms with E-state index in [9.17, 15) is 46.3 Å². The van der Waals surface area contributed by atoms with E-state index in [1.54, 1.807) is 48.5 Å². The zero-order valence-electron chi connectivity index (χ0n) is 53.0. The van der Waals surface area contributed by atoms with Crippen molar-refractivity contribution in [1.29, 1.82) is 0 Å². The number of likely N-dealkylation sites (tertiary alicyclic amines) is 2. The zero-order valence-corrected chi connectivity index (χ0v) is 53.0. The first-order valence-electron chi connectivity index (χ1n) is 30.4. The fourth-order valence-corrected chi connectivity index (χ4v) is 11.1. The standard InChI is InChI=1S/C64H94F4N6O12/c1-39(2)31-49-59(79)83-43(9)55(75)69(11)52(34-42(7)8)62(82)86-54(36-46-17-21-48(22-18-46)38-74-29-25-64(67,68)26-30-74)58(78)72(14)50(32-40(3)4)60(80)84-44(10)56(76)70(12)51(33-41(5)6)61(81)85-53(57(77)71(49)13)35-45-15-19-47(20-16-45)37-73-27-23-63(65,66)24-28-73/h15-22,39-44,49-54H,23-38H2,1-14H3/t43-,44-,49+,50+,51+,52+,53-,54-/m1/s1. The van der Waals surface area contributed by atoms with Gasteiger partial charge in [-0.25, -0.2) is 36.7 Å². The molecule has 0 bridgehead atoms. The minimum Gasteiger partial charge on any atom is -0.451 e. The van der Waals surface area contributed by atoms with Crippen molar-refractivity contribution in [2.45, 2.75) is 207 Å². The van der Waals surface area contributed by atoms with Crippen molar-refractivity contribution in [3.63, 3.8) is 0 Å². The molecule has 0 aliphatic carbocycles. The van der Waals surface area contributed by atoms with Gasteiger partial charge in [-0.15, -0.1) is 0 Å². The lowest BCUT2D eigenvalue weighted by molar-refractivity contribution is -0.176. The lowest BCUT2D eigenvalue weighted by Gasteiger charge is -2.35. The normalized spacial score (nSPS) is 26.3. The van der Waals surface area contributed by atoms with Gasteiger partial charge in [0.05, 0.1) is 0 Å². The van der Waals surface area contributed by atoms with Crippen LogP contribution in [0.25, 0.3) is 0 Å². The topological polar surface area (TPSA) is 193 Å². The summed E-state index contributed by atoms with van der Waals surface area (Å²) in [7, 11) is 5.40. The molecular weight excluding hydrogens is 1120 g/mol. The Bertz CT molecular complexity index is 2430. The molecule has 18 nitrogen and oxygen atoms in total. The van der Waals surface area contributed by atoms with Crippen LogP contribution in [0.4, 0.5) is 17.6 Å². The highest BCUT2D eigenvalue weighted by Crippen LogP contribution is 2.31. The van der Waals surface area contributed by atoms with E-state index in [0.717, 1.165) is 30.7 Å². The molecule has 2 aromatic carbocycles. The number of benzene rings is 2. The Hall–Kier alpha value is -6.16. The van der Waals surface area contributed by atoms with Crippen molar-refractivity contribution >= 4 is 47.5 Å². The van der Waals surface area contributed by atoms with Crippen LogP contribution in [-0.4, -0.2) is 192 Å². The molecule has 0 radical (unpaired) electrons. The highest BCUT2D eigenvalue weighted by atomic mass is 19.3. The Morgan fingerprint density at radius 1 is 0.395 bits per heavy atom. The molecule has 3 aliphatic heterocycles. The smallest absolute Gasteiger partial charge is 0.329 e. The molecule has 86 heavy (non-hydrogen) atoms. The quantitative estimate of drug-likeness (QED) is 0.0889. The minimum atomic E-state index is -2.71. The lowest BCUT2D eigenvalue weighted by Crippen LogP contribution is -2.55. The molecular formula is C64H94F4N6O12. The van der Waals surface area contributed by atoms with Crippen molar-refractivity contribution in [3.05, 3.63) is 70.8 Å². The number of halogens is 4. The fraction of sp³-hybridized carbons (Fsp3) is 0.688. The molecule has 0 unspecified atom stereocenters. The van der Waals surface area contributed by atoms with E-state index in [4.69, 9.17) is 18.9 Å². The summed E-state index contributed by atoms with van der Waals surface area (Å²) in [6.45, 7) is 18.9. The molecule has 3 heterocycles. The van der Waals surface area contributed by atoms with Gasteiger partial charge >= 0.3 is 23.9 Å². The SMILES string of the molecule is CC(C)C[C@H]1C(=O)O[C@H](Cc2ccc(CN3CCC(F)(F)CC3)cc2)C(=O)N(C)[C@@H](CC(C)C)C(=O)O[C@H](C)C(=O)N(C)[C@@H](CC(C)C)C(=O)O[C@H](Cc2ccc(CN3CCC(F)(F)CC3)cc2)C(=O)N(C)[C@@H](CC(C)C)C(=O)O[C@H](C)C(=O)N1C. The maximum atomic E-state index is 15.0. The van der Waals surface area contributed by atoms with Crippen LogP contribution in [0.3, 0.4) is 0 Å². The number of hydrogen-bond donors (Lipinski definition) is 0. The first kappa shape index (κ1) is 70.6. The number of carbonyl (C=O) groups excluding carboxylic acids is 8. The van der Waals surface area contributed by atoms with Crippen LogP contribution in [0.15, 0.2) is 48.5 Å². The average molecular weight is 1220 g/mol. The highest BCUT2D eigenvalue weighted by Gasteiger charge is 2.44. The van der Waals surface area contributed by atoms with Crippen LogP contribution >= 0.6 is 0 Å². The van der Waals surface area contributed by atoms with E-state index in [1.807, 2.05) is 65.2 Å². The molecule has 0 saturated carbocycles. The summed E-state index contributed by atoms with van der Waals surface area (Å²) in [4.78, 5) is 126. The van der Waals surface area contributed by atoms with Gasteiger partial charge in [0.25, 0.3) is 35.5 Å². The lowest BCUT2D eigenvalue weighted by atomic mass is 9.99. The number of esters is 4. The van der Waals surface area contributed by atoms with Crippen molar-refractivity contribution in [1.82, 2.24) is 29.4 Å². The second-order valence-electron chi connectivity index (χ2n) is 25.7. The average Bonchev–Trinajstić information content (AvgIpc) is 3.55. The summed E-state index contributed by atoms with van der Waals surface area (Å²) >= 11 is 0. The van der Waals surface area contributed by atoms with Gasteiger partial charge in [-0.3, -0.25) is 29.0 Å². The number of ether oxygens (including phenoxy) is 4. The molecule has 2 aromatic rings. The molecule has 3 saturated heterocycles. The molecule has 0 aromatic heterocycles. The predicted octanol–water partition coefficient (Wildman–Crippen LogP) is 8.13. The maximum Gasteiger partial charge on any atom is 0.329 e. The largest absolute Gasteiger partial charge is 0.451 e. The maximum absolute atomic E-state index is 15.0. The Balaban J connectivity index is 1.56. The molecule has 3 fully saturated rings. The monoisotopic (exact) mass is 1210 g/mol. The third-order valence-corrected chi connectivity index (χ3v) is 16.4. The molecule has 4 amide bonds. The number of cyclic esters (lactones) is 4. The van der Waals surface area contributed by atoms with E-state index < -0.39 is 108 Å². The number of alkyl halides is 4. The van der Waals surface area contributed by atoms with E-state index in [0.29, 0.717) is 24.2 Å². The molecule has 8 atom stereocenters. The molecule has 5 rings (SSSR count).